The third kappa shape index (κ3) is 4.45. The lowest BCUT2D eigenvalue weighted by atomic mass is 9.86. The molecule has 2 rings (SSSR count). The van der Waals surface area contributed by atoms with Crippen LogP contribution in [0.5, 0.6) is 0 Å². The molecule has 0 saturated heterocycles. The number of nitrogens with zero attached hydrogens (tertiary/aromatic N) is 2. The second-order valence-electron chi connectivity index (χ2n) is 7.58. The number of hydrogen-bond acceptors (Lipinski definition) is 4. The first-order valence-corrected chi connectivity index (χ1v) is 7.62. The molecule has 2 aromatic rings. The van der Waals surface area contributed by atoms with E-state index in [0.717, 1.165) is 17.3 Å². The Morgan fingerprint density at radius 1 is 0.864 bits per heavy atom. The normalized spacial score (nSPS) is 12.1. The Kier molecular flexibility index (Phi) is 4.40. The van der Waals surface area contributed by atoms with Gasteiger partial charge in [-0.2, -0.15) is 0 Å². The predicted molar refractivity (Wildman–Crippen MR) is 93.8 cm³/mol. The SMILES string of the molecule is CC(C)(C)Nc1cc(Nc2ccccc2C(C)(C)C)ncn1. The minimum atomic E-state index is -0.0328. The summed E-state index contributed by atoms with van der Waals surface area (Å²) in [4.78, 5) is 8.60. The molecule has 0 atom stereocenters. The van der Waals surface area contributed by atoms with Crippen molar-refractivity contribution in [2.75, 3.05) is 10.6 Å². The molecule has 0 bridgehead atoms. The van der Waals surface area contributed by atoms with Crippen LogP contribution in [0, 0.1) is 0 Å². The Morgan fingerprint density at radius 2 is 1.50 bits per heavy atom. The number of benzene rings is 1. The average Bonchev–Trinajstić information content (AvgIpc) is 2.36. The van der Waals surface area contributed by atoms with E-state index >= 15 is 0 Å². The minimum absolute atomic E-state index is 0.0328. The quantitative estimate of drug-likeness (QED) is 0.860. The maximum Gasteiger partial charge on any atom is 0.135 e. The zero-order valence-electron chi connectivity index (χ0n) is 14.4. The molecular formula is C18H26N4. The Balaban J connectivity index is 2.27. The molecule has 0 radical (unpaired) electrons. The molecule has 1 aromatic carbocycles. The van der Waals surface area contributed by atoms with Gasteiger partial charge in [0.1, 0.15) is 18.0 Å². The van der Waals surface area contributed by atoms with E-state index in [1.165, 1.54) is 5.56 Å². The van der Waals surface area contributed by atoms with Crippen LogP contribution in [0.15, 0.2) is 36.7 Å². The van der Waals surface area contributed by atoms with Crippen LogP contribution in [-0.4, -0.2) is 15.5 Å². The largest absolute Gasteiger partial charge is 0.365 e. The zero-order valence-corrected chi connectivity index (χ0v) is 14.4. The molecule has 4 heteroatoms. The standard InChI is InChI=1S/C18H26N4/c1-17(2,3)13-9-7-8-10-14(13)21-15-11-16(20-12-19-15)22-18(4,5)6/h7-12H,1-6H3,(H2,19,20,21,22). The van der Waals surface area contributed by atoms with Crippen LogP contribution < -0.4 is 10.6 Å². The van der Waals surface area contributed by atoms with E-state index in [0.29, 0.717) is 0 Å². The smallest absolute Gasteiger partial charge is 0.135 e. The first-order valence-electron chi connectivity index (χ1n) is 7.62. The fraction of sp³-hybridized carbons (Fsp3) is 0.444. The van der Waals surface area contributed by atoms with Crippen molar-refractivity contribution in [2.24, 2.45) is 0 Å². The van der Waals surface area contributed by atoms with Gasteiger partial charge < -0.3 is 10.6 Å². The molecule has 0 spiro atoms. The molecule has 1 aromatic heterocycles. The molecule has 22 heavy (non-hydrogen) atoms. The molecule has 0 aliphatic heterocycles. The van der Waals surface area contributed by atoms with Crippen molar-refractivity contribution in [3.63, 3.8) is 0 Å². The fourth-order valence-electron chi connectivity index (χ4n) is 2.26. The van der Waals surface area contributed by atoms with Gasteiger partial charge in [0, 0.05) is 17.3 Å². The highest BCUT2D eigenvalue weighted by Crippen LogP contribution is 2.31. The third-order valence-electron chi connectivity index (χ3n) is 3.17. The number of anilines is 3. The minimum Gasteiger partial charge on any atom is -0.365 e. The molecule has 0 aliphatic carbocycles. The van der Waals surface area contributed by atoms with E-state index in [2.05, 4.69) is 80.3 Å². The van der Waals surface area contributed by atoms with Gasteiger partial charge in [0.15, 0.2) is 0 Å². The highest BCUT2D eigenvalue weighted by Gasteiger charge is 2.18. The molecule has 2 N–H and O–H groups in total. The van der Waals surface area contributed by atoms with Gasteiger partial charge in [0.05, 0.1) is 0 Å². The van der Waals surface area contributed by atoms with Crippen molar-refractivity contribution >= 4 is 17.3 Å². The molecule has 0 amide bonds. The van der Waals surface area contributed by atoms with Crippen molar-refractivity contribution in [3.8, 4) is 0 Å². The average molecular weight is 298 g/mol. The maximum atomic E-state index is 4.33. The van der Waals surface area contributed by atoms with E-state index in [9.17, 15) is 0 Å². The van der Waals surface area contributed by atoms with Gasteiger partial charge in [-0.1, -0.05) is 39.0 Å². The van der Waals surface area contributed by atoms with Crippen LogP contribution in [0.3, 0.4) is 0 Å². The summed E-state index contributed by atoms with van der Waals surface area (Å²) in [6.45, 7) is 12.9. The Labute approximate surface area is 133 Å². The van der Waals surface area contributed by atoms with Crippen molar-refractivity contribution in [1.82, 2.24) is 9.97 Å². The lowest BCUT2D eigenvalue weighted by Crippen LogP contribution is -2.26. The van der Waals surface area contributed by atoms with Crippen LogP contribution in [-0.2, 0) is 5.41 Å². The number of hydrogen-bond donors (Lipinski definition) is 2. The van der Waals surface area contributed by atoms with Gasteiger partial charge in [0.25, 0.3) is 0 Å². The summed E-state index contributed by atoms with van der Waals surface area (Å²) in [5, 5.41) is 6.78. The summed E-state index contributed by atoms with van der Waals surface area (Å²) in [6, 6.07) is 10.3. The van der Waals surface area contributed by atoms with Gasteiger partial charge in [0.2, 0.25) is 0 Å². The summed E-state index contributed by atoms with van der Waals surface area (Å²) in [7, 11) is 0. The molecule has 1 heterocycles. The van der Waals surface area contributed by atoms with Crippen LogP contribution in [0.2, 0.25) is 0 Å². The molecular weight excluding hydrogens is 272 g/mol. The van der Waals surface area contributed by atoms with Crippen molar-refractivity contribution in [3.05, 3.63) is 42.2 Å². The maximum absolute atomic E-state index is 4.33. The number of nitrogens with one attached hydrogen (secondary N) is 2. The Bertz CT molecular complexity index is 636. The van der Waals surface area contributed by atoms with Crippen LogP contribution in [0.1, 0.15) is 47.1 Å². The second-order valence-corrected chi connectivity index (χ2v) is 7.58. The van der Waals surface area contributed by atoms with Gasteiger partial charge in [-0.25, -0.2) is 9.97 Å². The van der Waals surface area contributed by atoms with E-state index in [4.69, 9.17) is 0 Å². The van der Waals surface area contributed by atoms with Gasteiger partial charge in [-0.05, 0) is 37.8 Å². The first kappa shape index (κ1) is 16.3. The van der Waals surface area contributed by atoms with Crippen molar-refractivity contribution in [2.45, 2.75) is 52.5 Å². The molecule has 0 saturated carbocycles. The zero-order chi connectivity index (χ0) is 16.4. The third-order valence-corrected chi connectivity index (χ3v) is 3.17. The summed E-state index contributed by atoms with van der Waals surface area (Å²) >= 11 is 0. The lowest BCUT2D eigenvalue weighted by molar-refractivity contribution is 0.592. The monoisotopic (exact) mass is 298 g/mol. The van der Waals surface area contributed by atoms with Gasteiger partial charge in [-0.15, -0.1) is 0 Å². The van der Waals surface area contributed by atoms with E-state index in [1.54, 1.807) is 6.33 Å². The van der Waals surface area contributed by atoms with Crippen molar-refractivity contribution in [1.29, 1.82) is 0 Å². The van der Waals surface area contributed by atoms with Crippen LogP contribution in [0.4, 0.5) is 17.3 Å². The topological polar surface area (TPSA) is 49.8 Å². The summed E-state index contributed by atoms with van der Waals surface area (Å²) < 4.78 is 0. The summed E-state index contributed by atoms with van der Waals surface area (Å²) in [5.41, 5.74) is 2.38. The number of aromatic nitrogens is 2. The first-order chi connectivity index (χ1) is 10.1. The molecule has 0 fully saturated rings. The number of rotatable bonds is 3. The highest BCUT2D eigenvalue weighted by atomic mass is 15.1. The second kappa shape index (κ2) is 5.95. The van der Waals surface area contributed by atoms with Crippen molar-refractivity contribution < 1.29 is 0 Å². The fourth-order valence-corrected chi connectivity index (χ4v) is 2.26. The summed E-state index contributed by atoms with van der Waals surface area (Å²) in [5.74, 6) is 1.61. The van der Waals surface area contributed by atoms with Gasteiger partial charge >= 0.3 is 0 Å². The molecule has 0 aliphatic rings. The molecule has 118 valence electrons. The van der Waals surface area contributed by atoms with E-state index in [-0.39, 0.29) is 11.0 Å². The Hall–Kier alpha value is -2.10. The molecule has 0 unspecified atom stereocenters. The van der Waals surface area contributed by atoms with Crippen LogP contribution >= 0.6 is 0 Å². The highest BCUT2D eigenvalue weighted by molar-refractivity contribution is 5.64. The van der Waals surface area contributed by atoms with Gasteiger partial charge in [-0.3, -0.25) is 0 Å². The lowest BCUT2D eigenvalue weighted by Gasteiger charge is -2.24. The predicted octanol–water partition coefficient (Wildman–Crippen LogP) is 4.73. The van der Waals surface area contributed by atoms with E-state index in [1.807, 2.05) is 12.1 Å². The Morgan fingerprint density at radius 3 is 2.14 bits per heavy atom. The van der Waals surface area contributed by atoms with E-state index < -0.39 is 0 Å². The molecule has 4 nitrogen and oxygen atoms in total. The van der Waals surface area contributed by atoms with Crippen LogP contribution in [0.25, 0.3) is 0 Å². The number of para-hydroxylation sites is 1. The summed E-state index contributed by atoms with van der Waals surface area (Å²) in [6.07, 6.45) is 1.58.